The summed E-state index contributed by atoms with van der Waals surface area (Å²) >= 11 is 0. The van der Waals surface area contributed by atoms with Crippen LogP contribution in [0.1, 0.15) is 16.7 Å². The van der Waals surface area contributed by atoms with Gasteiger partial charge in [-0.15, -0.1) is 0 Å². The Kier molecular flexibility index (Phi) is 4.15. The lowest BCUT2D eigenvalue weighted by atomic mass is 9.97. The van der Waals surface area contributed by atoms with Crippen molar-refractivity contribution in [2.24, 2.45) is 0 Å². The number of halogens is 4. The number of imidazole rings is 1. The quantitative estimate of drug-likeness (QED) is 0.246. The third-order valence-electron chi connectivity index (χ3n) is 5.36. The van der Waals surface area contributed by atoms with Crippen LogP contribution in [0.3, 0.4) is 0 Å². The van der Waals surface area contributed by atoms with Gasteiger partial charge < -0.3 is 4.98 Å². The zero-order chi connectivity index (χ0) is 22.6. The number of fused-ring (bicyclic) bond motifs is 6. The van der Waals surface area contributed by atoms with E-state index in [-0.39, 0.29) is 11.4 Å². The van der Waals surface area contributed by atoms with E-state index in [1.807, 2.05) is 0 Å². The highest BCUT2D eigenvalue weighted by atomic mass is 19.4. The zero-order valence-corrected chi connectivity index (χ0v) is 16.0. The van der Waals surface area contributed by atoms with Crippen LogP contribution in [0, 0.1) is 28.5 Å². The molecule has 0 saturated heterocycles. The molecule has 8 heteroatoms. The number of nitriles is 2. The minimum atomic E-state index is -4.77. The first-order chi connectivity index (χ1) is 15.3. The van der Waals surface area contributed by atoms with Gasteiger partial charge >= 0.3 is 6.18 Å². The monoisotopic (exact) mass is 430 g/mol. The topological polar surface area (TPSA) is 76.3 Å². The van der Waals surface area contributed by atoms with Gasteiger partial charge in [-0.3, -0.25) is 0 Å². The van der Waals surface area contributed by atoms with Crippen molar-refractivity contribution >= 4 is 32.6 Å². The van der Waals surface area contributed by atoms with E-state index in [0.29, 0.717) is 49.8 Å². The molecule has 4 nitrogen and oxygen atoms in total. The molecule has 1 heterocycles. The van der Waals surface area contributed by atoms with E-state index in [9.17, 15) is 28.1 Å². The van der Waals surface area contributed by atoms with Crippen LogP contribution in [-0.2, 0) is 6.18 Å². The fourth-order valence-electron chi connectivity index (χ4n) is 3.95. The van der Waals surface area contributed by atoms with E-state index in [2.05, 4.69) is 22.1 Å². The molecule has 0 spiro atoms. The van der Waals surface area contributed by atoms with Gasteiger partial charge in [0.1, 0.15) is 11.6 Å². The maximum absolute atomic E-state index is 13.6. The summed E-state index contributed by atoms with van der Waals surface area (Å²) in [5, 5.41) is 21.2. The van der Waals surface area contributed by atoms with Crippen molar-refractivity contribution in [3.05, 3.63) is 77.1 Å². The minimum Gasteiger partial charge on any atom is -0.337 e. The number of alkyl halides is 3. The van der Waals surface area contributed by atoms with E-state index in [1.54, 1.807) is 36.4 Å². The van der Waals surface area contributed by atoms with E-state index in [0.717, 1.165) is 12.1 Å². The van der Waals surface area contributed by atoms with Crippen molar-refractivity contribution in [3.8, 4) is 23.5 Å². The standard InChI is InChI=1S/C24H10F4N4/c25-14-3-6-17(20(9-14)24(26,27)28)23-31-21-15-4-1-12(10-29)7-18(15)19-8-13(11-30)2-5-16(19)22(21)32-23/h1-9H,(H,31,32). The zero-order valence-electron chi connectivity index (χ0n) is 16.0. The van der Waals surface area contributed by atoms with Gasteiger partial charge in [0, 0.05) is 16.3 Å². The molecule has 0 unspecified atom stereocenters. The summed E-state index contributed by atoms with van der Waals surface area (Å²) < 4.78 is 54.3. The van der Waals surface area contributed by atoms with Crippen molar-refractivity contribution in [2.75, 3.05) is 0 Å². The Morgan fingerprint density at radius 1 is 0.781 bits per heavy atom. The summed E-state index contributed by atoms with van der Waals surface area (Å²) in [4.78, 5) is 7.40. The Morgan fingerprint density at radius 2 is 1.41 bits per heavy atom. The number of nitrogens with zero attached hydrogens (tertiary/aromatic N) is 3. The van der Waals surface area contributed by atoms with Gasteiger partial charge in [-0.05, 0) is 53.2 Å². The van der Waals surface area contributed by atoms with E-state index in [4.69, 9.17) is 0 Å². The van der Waals surface area contributed by atoms with E-state index < -0.39 is 17.6 Å². The number of hydrogen-bond donors (Lipinski definition) is 1. The first kappa shape index (κ1) is 19.5. The molecule has 0 aliphatic rings. The Bertz CT molecular complexity index is 1560. The SMILES string of the molecule is N#Cc1ccc2c(c1)c1cc(C#N)ccc1c1[nH]c(-c3ccc(F)cc3C(F)(F)F)nc21. The first-order valence-electron chi connectivity index (χ1n) is 9.36. The molecule has 1 N–H and O–H groups in total. The molecule has 32 heavy (non-hydrogen) atoms. The largest absolute Gasteiger partial charge is 0.417 e. The molecule has 0 bridgehead atoms. The van der Waals surface area contributed by atoms with Crippen LogP contribution >= 0.6 is 0 Å². The van der Waals surface area contributed by atoms with Gasteiger partial charge in [-0.1, -0.05) is 12.1 Å². The first-order valence-corrected chi connectivity index (χ1v) is 9.36. The highest BCUT2D eigenvalue weighted by molar-refractivity contribution is 6.24. The molecule has 0 radical (unpaired) electrons. The number of hydrogen-bond acceptors (Lipinski definition) is 3. The van der Waals surface area contributed by atoms with Crippen molar-refractivity contribution in [2.45, 2.75) is 6.18 Å². The van der Waals surface area contributed by atoms with Gasteiger partial charge in [0.15, 0.2) is 0 Å². The lowest BCUT2D eigenvalue weighted by molar-refractivity contribution is -0.137. The lowest BCUT2D eigenvalue weighted by Crippen LogP contribution is -2.08. The second-order valence-electron chi connectivity index (χ2n) is 7.24. The summed E-state index contributed by atoms with van der Waals surface area (Å²) in [5.74, 6) is -1.06. The molecule has 1 aromatic heterocycles. The molecule has 0 amide bonds. The molecule has 0 fully saturated rings. The predicted molar refractivity (Wildman–Crippen MR) is 111 cm³/mol. The number of benzene rings is 4. The Hall–Kier alpha value is -4.43. The van der Waals surface area contributed by atoms with Crippen molar-refractivity contribution in [3.63, 3.8) is 0 Å². The number of nitrogens with one attached hydrogen (secondary N) is 1. The Labute approximate surface area is 178 Å². The van der Waals surface area contributed by atoms with Gasteiger partial charge in [-0.2, -0.15) is 23.7 Å². The highest BCUT2D eigenvalue weighted by Gasteiger charge is 2.35. The number of aromatic amines is 1. The fourth-order valence-corrected chi connectivity index (χ4v) is 3.95. The average molecular weight is 430 g/mol. The van der Waals surface area contributed by atoms with Gasteiger partial charge in [0.2, 0.25) is 0 Å². The molecule has 0 saturated carbocycles. The minimum absolute atomic E-state index is 0.0603. The van der Waals surface area contributed by atoms with E-state index >= 15 is 0 Å². The predicted octanol–water partition coefficient (Wildman–Crippen LogP) is 6.44. The van der Waals surface area contributed by atoms with Crippen molar-refractivity contribution < 1.29 is 17.6 Å². The fraction of sp³-hybridized carbons (Fsp3) is 0.0417. The summed E-state index contributed by atoms with van der Waals surface area (Å²) in [6.07, 6.45) is -4.77. The molecule has 5 rings (SSSR count). The van der Waals surface area contributed by atoms with Crippen LogP contribution in [0.2, 0.25) is 0 Å². The summed E-state index contributed by atoms with van der Waals surface area (Å²) in [5.41, 5.74) is 0.276. The van der Waals surface area contributed by atoms with Crippen LogP contribution in [0.4, 0.5) is 17.6 Å². The van der Waals surface area contributed by atoms with E-state index in [1.165, 1.54) is 0 Å². The van der Waals surface area contributed by atoms with Crippen LogP contribution in [0.25, 0.3) is 44.0 Å². The van der Waals surface area contributed by atoms with Crippen LogP contribution in [-0.4, -0.2) is 9.97 Å². The number of H-pyrrole nitrogens is 1. The van der Waals surface area contributed by atoms with Crippen molar-refractivity contribution in [1.29, 1.82) is 10.5 Å². The van der Waals surface area contributed by atoms with Gasteiger partial charge in [-0.25, -0.2) is 9.37 Å². The van der Waals surface area contributed by atoms with Gasteiger partial charge in [0.25, 0.3) is 0 Å². The third-order valence-corrected chi connectivity index (χ3v) is 5.36. The second kappa shape index (κ2) is 6.79. The maximum Gasteiger partial charge on any atom is 0.417 e. The van der Waals surface area contributed by atoms with Crippen LogP contribution in [0.15, 0.2) is 54.6 Å². The third kappa shape index (κ3) is 2.93. The molecule has 0 aliphatic heterocycles. The molecule has 154 valence electrons. The summed E-state index contributed by atoms with van der Waals surface area (Å²) in [7, 11) is 0. The Morgan fingerprint density at radius 3 is 2.03 bits per heavy atom. The molecule has 4 aromatic carbocycles. The molecule has 5 aromatic rings. The van der Waals surface area contributed by atoms with Gasteiger partial charge in [0.05, 0.1) is 39.9 Å². The van der Waals surface area contributed by atoms with Crippen LogP contribution in [0.5, 0.6) is 0 Å². The maximum atomic E-state index is 13.6. The Balaban J connectivity index is 1.92. The van der Waals surface area contributed by atoms with Crippen LogP contribution < -0.4 is 0 Å². The van der Waals surface area contributed by atoms with Crippen molar-refractivity contribution in [1.82, 2.24) is 9.97 Å². The number of aromatic nitrogens is 2. The molecular weight excluding hydrogens is 420 g/mol. The smallest absolute Gasteiger partial charge is 0.337 e. The average Bonchev–Trinajstić information content (AvgIpc) is 3.23. The summed E-state index contributed by atoms with van der Waals surface area (Å²) in [6, 6.07) is 16.4. The summed E-state index contributed by atoms with van der Waals surface area (Å²) in [6.45, 7) is 0. The second-order valence-corrected chi connectivity index (χ2v) is 7.24. The normalized spacial score (nSPS) is 11.7. The lowest BCUT2D eigenvalue weighted by Gasteiger charge is -2.11. The molecular formula is C24H10F4N4. The number of rotatable bonds is 1. The molecule has 0 aliphatic carbocycles. The highest BCUT2D eigenvalue weighted by Crippen LogP contribution is 2.40. The molecule has 0 atom stereocenters.